The van der Waals surface area contributed by atoms with Crippen molar-refractivity contribution in [1.29, 1.82) is 0 Å². The largest absolute Gasteiger partial charge is 0.463 e. The molecule has 21 heavy (non-hydrogen) atoms. The molecule has 0 fully saturated rings. The highest BCUT2D eigenvalue weighted by Crippen LogP contribution is 2.24. The molecule has 1 atom stereocenters. The number of carbonyl (C=O) groups excluding carboxylic acids is 1. The van der Waals surface area contributed by atoms with Crippen LogP contribution in [0.15, 0.2) is 52.5 Å². The molecule has 108 valence electrons. The number of nitrogens with one attached hydrogen (secondary N) is 1. The number of benzene rings is 1. The van der Waals surface area contributed by atoms with Gasteiger partial charge in [-0.15, -0.1) is 11.3 Å². The first-order chi connectivity index (χ1) is 10.3. The smallest absolute Gasteiger partial charge is 0.255 e. The van der Waals surface area contributed by atoms with E-state index >= 15 is 0 Å². The summed E-state index contributed by atoms with van der Waals surface area (Å²) in [5.41, 5.74) is 1.21. The first-order valence-corrected chi connectivity index (χ1v) is 7.59. The molecule has 2 heterocycles. The van der Waals surface area contributed by atoms with Gasteiger partial charge in [-0.2, -0.15) is 0 Å². The van der Waals surface area contributed by atoms with Crippen molar-refractivity contribution in [2.24, 2.45) is 0 Å². The summed E-state index contributed by atoms with van der Waals surface area (Å²) >= 11 is 1.56. The molecule has 0 aliphatic carbocycles. The second-order valence-corrected chi connectivity index (χ2v) is 5.68. The summed E-state index contributed by atoms with van der Waals surface area (Å²) < 4.78 is 5.39. The molecule has 0 unspecified atom stereocenters. The second-order valence-electron chi connectivity index (χ2n) is 4.70. The fourth-order valence-corrected chi connectivity index (χ4v) is 3.11. The van der Waals surface area contributed by atoms with Gasteiger partial charge >= 0.3 is 0 Å². The van der Waals surface area contributed by atoms with E-state index in [1.165, 1.54) is 6.26 Å². The minimum atomic E-state index is -0.188. The van der Waals surface area contributed by atoms with Crippen molar-refractivity contribution in [3.8, 4) is 0 Å². The Kier molecular flexibility index (Phi) is 4.03. The number of aliphatic hydroxyl groups excluding tert-OH is 1. The van der Waals surface area contributed by atoms with Crippen LogP contribution < -0.4 is 5.32 Å². The van der Waals surface area contributed by atoms with Gasteiger partial charge in [-0.25, -0.2) is 0 Å². The maximum absolute atomic E-state index is 12.5. The number of aliphatic hydroxyl groups is 1. The molecule has 2 N–H and O–H groups in total. The fourth-order valence-electron chi connectivity index (χ4n) is 2.29. The molecule has 5 heteroatoms. The number of thiophene rings is 1. The van der Waals surface area contributed by atoms with Crippen LogP contribution in [-0.4, -0.2) is 17.6 Å². The number of hydrogen-bond acceptors (Lipinski definition) is 4. The molecule has 2 aromatic heterocycles. The van der Waals surface area contributed by atoms with Crippen LogP contribution in [0.4, 0.5) is 0 Å². The topological polar surface area (TPSA) is 62.5 Å². The second kappa shape index (κ2) is 6.11. The van der Waals surface area contributed by atoms with E-state index in [0.717, 1.165) is 10.3 Å². The van der Waals surface area contributed by atoms with Crippen LogP contribution in [0.1, 0.15) is 27.7 Å². The van der Waals surface area contributed by atoms with Crippen LogP contribution >= 0.6 is 11.3 Å². The SMILES string of the molecule is O=C(N[C@H](CCO)c1cccs1)c1coc2ccccc12. The van der Waals surface area contributed by atoms with Crippen molar-refractivity contribution in [2.45, 2.75) is 12.5 Å². The van der Waals surface area contributed by atoms with E-state index in [1.807, 2.05) is 41.8 Å². The third-order valence-corrected chi connectivity index (χ3v) is 4.32. The van der Waals surface area contributed by atoms with Crippen LogP contribution in [0.5, 0.6) is 0 Å². The van der Waals surface area contributed by atoms with Crippen LogP contribution in [0.3, 0.4) is 0 Å². The molecule has 0 saturated heterocycles. The maximum Gasteiger partial charge on any atom is 0.255 e. The van der Waals surface area contributed by atoms with Gasteiger partial charge in [-0.05, 0) is 23.9 Å². The van der Waals surface area contributed by atoms with Gasteiger partial charge in [0.2, 0.25) is 0 Å². The Morgan fingerprint density at radius 3 is 2.90 bits per heavy atom. The summed E-state index contributed by atoms with van der Waals surface area (Å²) in [4.78, 5) is 13.5. The highest BCUT2D eigenvalue weighted by atomic mass is 32.1. The lowest BCUT2D eigenvalue weighted by Gasteiger charge is -2.15. The molecule has 1 aromatic carbocycles. The number of amides is 1. The molecule has 0 bridgehead atoms. The quantitative estimate of drug-likeness (QED) is 0.759. The summed E-state index contributed by atoms with van der Waals surface area (Å²) in [5.74, 6) is -0.188. The average molecular weight is 301 g/mol. The normalized spacial score (nSPS) is 12.4. The minimum Gasteiger partial charge on any atom is -0.463 e. The molecule has 0 spiro atoms. The van der Waals surface area contributed by atoms with Gasteiger partial charge in [-0.1, -0.05) is 24.3 Å². The predicted octanol–water partition coefficient (Wildman–Crippen LogP) is 3.35. The monoisotopic (exact) mass is 301 g/mol. The predicted molar refractivity (Wildman–Crippen MR) is 82.4 cm³/mol. The minimum absolute atomic E-state index is 0.0228. The van der Waals surface area contributed by atoms with Crippen molar-refractivity contribution in [3.05, 3.63) is 58.5 Å². The number of rotatable bonds is 5. The van der Waals surface area contributed by atoms with E-state index in [1.54, 1.807) is 11.3 Å². The van der Waals surface area contributed by atoms with E-state index < -0.39 is 0 Å². The Morgan fingerprint density at radius 2 is 2.14 bits per heavy atom. The van der Waals surface area contributed by atoms with E-state index in [4.69, 9.17) is 4.42 Å². The van der Waals surface area contributed by atoms with Gasteiger partial charge < -0.3 is 14.8 Å². The number of fused-ring (bicyclic) bond motifs is 1. The lowest BCUT2D eigenvalue weighted by atomic mass is 10.1. The van der Waals surface area contributed by atoms with Gasteiger partial charge in [0, 0.05) is 16.9 Å². The maximum atomic E-state index is 12.5. The van der Waals surface area contributed by atoms with Gasteiger partial charge in [-0.3, -0.25) is 4.79 Å². The Morgan fingerprint density at radius 1 is 1.29 bits per heavy atom. The Hall–Kier alpha value is -2.11. The van der Waals surface area contributed by atoms with Gasteiger partial charge in [0.1, 0.15) is 11.8 Å². The van der Waals surface area contributed by atoms with Crippen LogP contribution in [0, 0.1) is 0 Å². The first kappa shape index (κ1) is 13.9. The zero-order valence-corrected chi connectivity index (χ0v) is 12.1. The van der Waals surface area contributed by atoms with Gasteiger partial charge in [0.05, 0.1) is 11.6 Å². The molecule has 0 saturated carbocycles. The zero-order valence-electron chi connectivity index (χ0n) is 11.3. The number of furan rings is 1. The third-order valence-electron chi connectivity index (χ3n) is 3.34. The summed E-state index contributed by atoms with van der Waals surface area (Å²) in [5, 5.41) is 14.9. The van der Waals surface area contributed by atoms with Crippen molar-refractivity contribution in [1.82, 2.24) is 5.32 Å². The molecule has 3 aromatic rings. The van der Waals surface area contributed by atoms with E-state index in [0.29, 0.717) is 17.6 Å². The van der Waals surface area contributed by atoms with Gasteiger partial charge in [0.25, 0.3) is 5.91 Å². The van der Waals surface area contributed by atoms with E-state index in [-0.39, 0.29) is 18.6 Å². The molecular weight excluding hydrogens is 286 g/mol. The molecule has 3 rings (SSSR count). The average Bonchev–Trinajstić information content (AvgIpc) is 3.16. The van der Waals surface area contributed by atoms with Crippen LogP contribution in [0.2, 0.25) is 0 Å². The molecule has 0 radical (unpaired) electrons. The van der Waals surface area contributed by atoms with E-state index in [2.05, 4.69) is 5.32 Å². The Bertz CT molecular complexity index is 733. The van der Waals surface area contributed by atoms with Gasteiger partial charge in [0.15, 0.2) is 0 Å². The summed E-state index contributed by atoms with van der Waals surface area (Å²) in [7, 11) is 0. The summed E-state index contributed by atoms with van der Waals surface area (Å²) in [6, 6.07) is 11.1. The highest BCUT2D eigenvalue weighted by Gasteiger charge is 2.19. The number of hydrogen-bond donors (Lipinski definition) is 2. The number of carbonyl (C=O) groups is 1. The fraction of sp³-hybridized carbons (Fsp3) is 0.188. The van der Waals surface area contributed by atoms with Crippen LogP contribution in [-0.2, 0) is 0 Å². The van der Waals surface area contributed by atoms with Crippen LogP contribution in [0.25, 0.3) is 11.0 Å². The Labute approximate surface area is 126 Å². The first-order valence-electron chi connectivity index (χ1n) is 6.71. The molecule has 0 aliphatic rings. The van der Waals surface area contributed by atoms with Crippen molar-refractivity contribution in [2.75, 3.05) is 6.61 Å². The standard InChI is InChI=1S/C16H15NO3S/c18-8-7-13(15-6-3-9-21-15)17-16(19)12-10-20-14-5-2-1-4-11(12)14/h1-6,9-10,13,18H,7-8H2,(H,17,19)/t13-/m1/s1. The van der Waals surface area contributed by atoms with Crippen molar-refractivity contribution < 1.29 is 14.3 Å². The summed E-state index contributed by atoms with van der Waals surface area (Å²) in [6.45, 7) is 0.0228. The molecule has 4 nitrogen and oxygen atoms in total. The molecule has 1 amide bonds. The zero-order chi connectivity index (χ0) is 14.7. The van der Waals surface area contributed by atoms with E-state index in [9.17, 15) is 9.90 Å². The molecule has 0 aliphatic heterocycles. The summed E-state index contributed by atoms with van der Waals surface area (Å²) in [6.07, 6.45) is 1.96. The molecular formula is C16H15NO3S. The Balaban J connectivity index is 1.84. The highest BCUT2D eigenvalue weighted by molar-refractivity contribution is 7.10. The third kappa shape index (κ3) is 2.84. The van der Waals surface area contributed by atoms with Crippen molar-refractivity contribution in [3.63, 3.8) is 0 Å². The number of para-hydroxylation sites is 1. The van der Waals surface area contributed by atoms with Crippen molar-refractivity contribution >= 4 is 28.2 Å². The lowest BCUT2D eigenvalue weighted by Crippen LogP contribution is -2.28. The lowest BCUT2D eigenvalue weighted by molar-refractivity contribution is 0.0931.